The van der Waals surface area contributed by atoms with E-state index in [1.807, 2.05) is 53.2 Å². The zero-order chi connectivity index (χ0) is 14.5. The molecule has 0 spiro atoms. The van der Waals surface area contributed by atoms with Crippen LogP contribution >= 0.6 is 11.3 Å². The molecule has 2 aromatic heterocycles. The number of nitrogens with two attached hydrogens (primary N) is 1. The second kappa shape index (κ2) is 6.23. The fourth-order valence-electron chi connectivity index (χ4n) is 1.75. The van der Waals surface area contributed by atoms with Crippen molar-refractivity contribution in [1.29, 1.82) is 0 Å². The molecule has 3 rings (SSSR count). The van der Waals surface area contributed by atoms with Crippen LogP contribution in [-0.2, 0) is 11.4 Å². The van der Waals surface area contributed by atoms with Gasteiger partial charge in [0.05, 0.1) is 0 Å². The lowest BCUT2D eigenvalue weighted by molar-refractivity contribution is 0.125. The van der Waals surface area contributed by atoms with Crippen LogP contribution in [-0.4, -0.2) is 11.0 Å². The summed E-state index contributed by atoms with van der Waals surface area (Å²) >= 11 is 1.55. The zero-order valence-electron chi connectivity index (χ0n) is 11.1. The summed E-state index contributed by atoms with van der Waals surface area (Å²) in [6.07, 6.45) is 0. The fourth-order valence-corrected chi connectivity index (χ4v) is 2.40. The van der Waals surface area contributed by atoms with Crippen LogP contribution in [0.4, 0.5) is 0 Å². The zero-order valence-corrected chi connectivity index (χ0v) is 11.9. The van der Waals surface area contributed by atoms with Crippen molar-refractivity contribution in [2.24, 2.45) is 10.9 Å². The highest BCUT2D eigenvalue weighted by molar-refractivity contribution is 7.08. The molecule has 0 fully saturated rings. The number of benzene rings is 1. The van der Waals surface area contributed by atoms with Crippen LogP contribution in [0.1, 0.15) is 11.3 Å². The number of amidine groups is 1. The molecule has 21 heavy (non-hydrogen) atoms. The van der Waals surface area contributed by atoms with Crippen LogP contribution in [0, 0.1) is 0 Å². The highest BCUT2D eigenvalue weighted by Gasteiger charge is 2.07. The third-order valence-corrected chi connectivity index (χ3v) is 3.49. The van der Waals surface area contributed by atoms with Crippen LogP contribution < -0.4 is 5.73 Å². The second-order valence-corrected chi connectivity index (χ2v) is 5.09. The van der Waals surface area contributed by atoms with Crippen molar-refractivity contribution in [3.63, 3.8) is 0 Å². The molecule has 0 aliphatic heterocycles. The maximum Gasteiger partial charge on any atom is 0.171 e. The van der Waals surface area contributed by atoms with Gasteiger partial charge in [-0.15, -0.1) is 0 Å². The average molecular weight is 299 g/mol. The summed E-state index contributed by atoms with van der Waals surface area (Å²) in [4.78, 5) is 5.20. The standard InChI is InChI=1S/C15H13N3O2S/c16-15(12-6-7-21-10-12)18-19-9-13-8-14(20-17-13)11-4-2-1-3-5-11/h1-8,10H,9H2,(H2,16,18). The van der Waals surface area contributed by atoms with Crippen LogP contribution in [0.15, 0.2) is 62.9 Å². The molecular formula is C15H13N3O2S. The van der Waals surface area contributed by atoms with E-state index >= 15 is 0 Å². The van der Waals surface area contributed by atoms with Gasteiger partial charge in [0.2, 0.25) is 0 Å². The lowest BCUT2D eigenvalue weighted by atomic mass is 10.2. The minimum atomic E-state index is 0.209. The minimum absolute atomic E-state index is 0.209. The Morgan fingerprint density at radius 3 is 2.90 bits per heavy atom. The minimum Gasteiger partial charge on any atom is -0.387 e. The van der Waals surface area contributed by atoms with Crippen LogP contribution in [0.3, 0.4) is 0 Å². The molecule has 6 heteroatoms. The largest absolute Gasteiger partial charge is 0.387 e. The van der Waals surface area contributed by atoms with Crippen molar-refractivity contribution in [2.75, 3.05) is 0 Å². The number of rotatable bonds is 5. The van der Waals surface area contributed by atoms with E-state index in [2.05, 4.69) is 10.3 Å². The van der Waals surface area contributed by atoms with E-state index in [0.29, 0.717) is 17.3 Å². The number of aromatic nitrogens is 1. The summed E-state index contributed by atoms with van der Waals surface area (Å²) in [6, 6.07) is 13.5. The van der Waals surface area contributed by atoms with E-state index in [1.54, 1.807) is 11.3 Å². The number of hydrogen-bond acceptors (Lipinski definition) is 5. The summed E-state index contributed by atoms with van der Waals surface area (Å²) < 4.78 is 5.27. The van der Waals surface area contributed by atoms with Crippen molar-refractivity contribution in [2.45, 2.75) is 6.61 Å². The average Bonchev–Trinajstić information content (AvgIpc) is 3.20. The molecule has 0 unspecified atom stereocenters. The first kappa shape index (κ1) is 13.4. The molecule has 2 heterocycles. The second-order valence-electron chi connectivity index (χ2n) is 4.31. The third-order valence-electron chi connectivity index (χ3n) is 2.81. The van der Waals surface area contributed by atoms with Crippen molar-refractivity contribution in [1.82, 2.24) is 5.16 Å². The maximum atomic E-state index is 5.79. The quantitative estimate of drug-likeness (QED) is 0.446. The Labute approximate surface area is 125 Å². The Kier molecular flexibility index (Phi) is 3.97. The maximum absolute atomic E-state index is 5.79. The SMILES string of the molecule is N/C(=N/OCc1cc(-c2ccccc2)on1)c1ccsc1. The summed E-state index contributed by atoms with van der Waals surface area (Å²) in [6.45, 7) is 0.209. The molecule has 0 atom stereocenters. The first-order valence-electron chi connectivity index (χ1n) is 6.32. The Hall–Kier alpha value is -2.60. The molecule has 0 radical (unpaired) electrons. The first-order valence-corrected chi connectivity index (χ1v) is 7.26. The van der Waals surface area contributed by atoms with Crippen LogP contribution in [0.25, 0.3) is 11.3 Å². The summed E-state index contributed by atoms with van der Waals surface area (Å²) in [7, 11) is 0. The molecule has 106 valence electrons. The molecule has 2 N–H and O–H groups in total. The molecule has 0 aliphatic carbocycles. The smallest absolute Gasteiger partial charge is 0.171 e. The fraction of sp³-hybridized carbons (Fsp3) is 0.0667. The van der Waals surface area contributed by atoms with Gasteiger partial charge in [-0.2, -0.15) is 11.3 Å². The Morgan fingerprint density at radius 1 is 1.29 bits per heavy atom. The van der Waals surface area contributed by atoms with Crippen LogP contribution in [0.5, 0.6) is 0 Å². The highest BCUT2D eigenvalue weighted by Crippen LogP contribution is 2.20. The molecule has 0 saturated carbocycles. The van der Waals surface area contributed by atoms with Crippen molar-refractivity contribution in [3.05, 3.63) is 64.5 Å². The van der Waals surface area contributed by atoms with Gasteiger partial charge in [0.1, 0.15) is 5.69 Å². The number of oxime groups is 1. The monoisotopic (exact) mass is 299 g/mol. The molecule has 0 bridgehead atoms. The van der Waals surface area contributed by atoms with Crippen molar-refractivity contribution < 1.29 is 9.36 Å². The lowest BCUT2D eigenvalue weighted by Gasteiger charge is -1.97. The number of thiophene rings is 1. The van der Waals surface area contributed by atoms with Gasteiger partial charge < -0.3 is 15.1 Å². The Morgan fingerprint density at radius 2 is 2.14 bits per heavy atom. The molecule has 5 nitrogen and oxygen atoms in total. The van der Waals surface area contributed by atoms with E-state index in [0.717, 1.165) is 11.1 Å². The van der Waals surface area contributed by atoms with E-state index in [1.165, 1.54) is 0 Å². The van der Waals surface area contributed by atoms with Gasteiger partial charge in [0.15, 0.2) is 18.2 Å². The molecular weight excluding hydrogens is 286 g/mol. The van der Waals surface area contributed by atoms with Gasteiger partial charge in [-0.3, -0.25) is 0 Å². The molecule has 0 amide bonds. The van der Waals surface area contributed by atoms with E-state index in [4.69, 9.17) is 15.1 Å². The molecule has 3 aromatic rings. The van der Waals surface area contributed by atoms with Gasteiger partial charge in [0.25, 0.3) is 0 Å². The van der Waals surface area contributed by atoms with E-state index in [9.17, 15) is 0 Å². The normalized spacial score (nSPS) is 11.5. The lowest BCUT2D eigenvalue weighted by Crippen LogP contribution is -2.12. The Bertz CT molecular complexity index is 720. The van der Waals surface area contributed by atoms with Gasteiger partial charge >= 0.3 is 0 Å². The highest BCUT2D eigenvalue weighted by atomic mass is 32.1. The number of nitrogens with zero attached hydrogens (tertiary/aromatic N) is 2. The van der Waals surface area contributed by atoms with E-state index < -0.39 is 0 Å². The predicted octanol–water partition coefficient (Wildman–Crippen LogP) is 3.24. The van der Waals surface area contributed by atoms with Crippen molar-refractivity contribution in [3.8, 4) is 11.3 Å². The van der Waals surface area contributed by atoms with Gasteiger partial charge in [-0.25, -0.2) is 0 Å². The summed E-state index contributed by atoms with van der Waals surface area (Å²) in [5, 5.41) is 11.6. The van der Waals surface area contributed by atoms with Gasteiger partial charge in [-0.05, 0) is 11.4 Å². The third kappa shape index (κ3) is 3.29. The van der Waals surface area contributed by atoms with Crippen molar-refractivity contribution >= 4 is 17.2 Å². The number of hydrogen-bond donors (Lipinski definition) is 1. The first-order chi connectivity index (χ1) is 10.3. The van der Waals surface area contributed by atoms with Crippen LogP contribution in [0.2, 0.25) is 0 Å². The molecule has 1 aromatic carbocycles. The topological polar surface area (TPSA) is 73.6 Å². The Balaban J connectivity index is 1.62. The molecule has 0 saturated heterocycles. The molecule has 0 aliphatic rings. The summed E-state index contributed by atoms with van der Waals surface area (Å²) in [5.41, 5.74) is 8.27. The van der Waals surface area contributed by atoms with E-state index in [-0.39, 0.29) is 6.61 Å². The predicted molar refractivity (Wildman–Crippen MR) is 81.8 cm³/mol. The van der Waals surface area contributed by atoms with Gasteiger partial charge in [-0.1, -0.05) is 40.6 Å². The van der Waals surface area contributed by atoms with Gasteiger partial charge in [0, 0.05) is 22.6 Å². The summed E-state index contributed by atoms with van der Waals surface area (Å²) in [5.74, 6) is 1.05.